The molecule has 3 rings (SSSR count). The fourth-order valence-corrected chi connectivity index (χ4v) is 4.14. The molecule has 2 saturated carbocycles. The van der Waals surface area contributed by atoms with E-state index >= 15 is 0 Å². The van der Waals surface area contributed by atoms with Gasteiger partial charge >= 0.3 is 0 Å². The summed E-state index contributed by atoms with van der Waals surface area (Å²) in [7, 11) is 2.14. The van der Waals surface area contributed by atoms with E-state index < -0.39 is 0 Å². The number of fused-ring (bicyclic) bond motifs is 2. The molecule has 104 valence electrons. The zero-order valence-corrected chi connectivity index (χ0v) is 12.7. The van der Waals surface area contributed by atoms with E-state index in [0.29, 0.717) is 5.15 Å². The first-order valence-corrected chi connectivity index (χ1v) is 7.64. The molecule has 0 radical (unpaired) electrons. The molecule has 3 nitrogen and oxygen atoms in total. The van der Waals surface area contributed by atoms with E-state index in [4.69, 9.17) is 11.6 Å². The smallest absolute Gasteiger partial charge is 0.155 e. The molecular weight excluding hydrogens is 258 g/mol. The Kier molecular flexibility index (Phi) is 3.42. The molecule has 0 saturated heterocycles. The maximum atomic E-state index is 6.02. The van der Waals surface area contributed by atoms with Crippen LogP contribution in [0.4, 0.5) is 5.82 Å². The van der Waals surface area contributed by atoms with Gasteiger partial charge in [-0.15, -0.1) is 10.2 Å². The Hall–Kier alpha value is -0.830. The van der Waals surface area contributed by atoms with Crippen molar-refractivity contribution in [2.75, 3.05) is 18.5 Å². The normalized spacial score (nSPS) is 28.9. The molecule has 0 N–H and O–H groups in total. The highest BCUT2D eigenvalue weighted by Crippen LogP contribution is 2.48. The summed E-state index contributed by atoms with van der Waals surface area (Å²) in [4.78, 5) is 2.27. The zero-order valence-electron chi connectivity index (χ0n) is 12.0. The first-order chi connectivity index (χ1) is 9.06. The standard InChI is InChI=1S/C15H22ClN3/c1-9-10(2)15(18-17-14(9)16)19(3)8-13-7-11-4-5-12(13)6-11/h11-13H,4-8H2,1-3H3. The van der Waals surface area contributed by atoms with Gasteiger partial charge in [0, 0.05) is 13.6 Å². The minimum atomic E-state index is 0.523. The minimum Gasteiger partial charge on any atom is -0.358 e. The molecule has 0 spiro atoms. The van der Waals surface area contributed by atoms with E-state index in [0.717, 1.165) is 41.2 Å². The molecule has 2 fully saturated rings. The van der Waals surface area contributed by atoms with Crippen LogP contribution in [0.3, 0.4) is 0 Å². The first kappa shape index (κ1) is 13.2. The topological polar surface area (TPSA) is 29.0 Å². The predicted molar refractivity (Wildman–Crippen MR) is 78.7 cm³/mol. The molecule has 1 aromatic rings. The zero-order chi connectivity index (χ0) is 13.6. The number of hydrogen-bond acceptors (Lipinski definition) is 3. The average Bonchev–Trinajstić information content (AvgIpc) is 2.98. The highest BCUT2D eigenvalue weighted by atomic mass is 35.5. The van der Waals surface area contributed by atoms with Gasteiger partial charge in [0.25, 0.3) is 0 Å². The van der Waals surface area contributed by atoms with Crippen molar-refractivity contribution in [3.8, 4) is 0 Å². The summed E-state index contributed by atoms with van der Waals surface area (Å²) in [6.07, 6.45) is 5.77. The maximum Gasteiger partial charge on any atom is 0.155 e. The number of anilines is 1. The van der Waals surface area contributed by atoms with E-state index in [-0.39, 0.29) is 0 Å². The van der Waals surface area contributed by atoms with E-state index in [2.05, 4.69) is 29.1 Å². The Morgan fingerprint density at radius 2 is 1.95 bits per heavy atom. The quantitative estimate of drug-likeness (QED) is 0.846. The highest BCUT2D eigenvalue weighted by Gasteiger charge is 2.39. The van der Waals surface area contributed by atoms with Crippen LogP contribution >= 0.6 is 11.6 Å². The lowest BCUT2D eigenvalue weighted by Crippen LogP contribution is -2.30. The van der Waals surface area contributed by atoms with Crippen LogP contribution in [-0.4, -0.2) is 23.8 Å². The Balaban J connectivity index is 1.74. The average molecular weight is 280 g/mol. The van der Waals surface area contributed by atoms with Gasteiger partial charge in [-0.3, -0.25) is 0 Å². The Morgan fingerprint density at radius 1 is 1.16 bits per heavy atom. The van der Waals surface area contributed by atoms with Crippen LogP contribution in [0, 0.1) is 31.6 Å². The summed E-state index contributed by atoms with van der Waals surface area (Å²) < 4.78 is 0. The second kappa shape index (κ2) is 4.93. The van der Waals surface area contributed by atoms with Gasteiger partial charge in [0.2, 0.25) is 0 Å². The number of hydrogen-bond donors (Lipinski definition) is 0. The predicted octanol–water partition coefficient (Wildman–Crippen LogP) is 3.62. The Labute approximate surface area is 120 Å². The van der Waals surface area contributed by atoms with Crippen molar-refractivity contribution >= 4 is 17.4 Å². The van der Waals surface area contributed by atoms with Crippen LogP contribution in [0.2, 0.25) is 5.15 Å². The van der Waals surface area contributed by atoms with Crippen molar-refractivity contribution in [1.82, 2.24) is 10.2 Å². The van der Waals surface area contributed by atoms with Crippen molar-refractivity contribution < 1.29 is 0 Å². The Morgan fingerprint density at radius 3 is 2.58 bits per heavy atom. The van der Waals surface area contributed by atoms with Crippen LogP contribution in [0.1, 0.15) is 36.8 Å². The van der Waals surface area contributed by atoms with E-state index in [1.165, 1.54) is 25.7 Å². The summed E-state index contributed by atoms with van der Waals surface area (Å²) in [6.45, 7) is 5.21. The van der Waals surface area contributed by atoms with Gasteiger partial charge in [-0.2, -0.15) is 0 Å². The Bertz CT molecular complexity index is 489. The summed E-state index contributed by atoms with van der Waals surface area (Å²) in [6, 6.07) is 0. The fourth-order valence-electron chi connectivity index (χ4n) is 3.96. The summed E-state index contributed by atoms with van der Waals surface area (Å²) in [5.41, 5.74) is 2.21. The van der Waals surface area contributed by atoms with Gasteiger partial charge in [0.15, 0.2) is 11.0 Å². The molecule has 0 amide bonds. The molecular formula is C15H22ClN3. The molecule has 4 heteroatoms. The summed E-state index contributed by atoms with van der Waals surface area (Å²) in [5, 5.41) is 8.87. The van der Waals surface area contributed by atoms with Crippen molar-refractivity contribution in [2.24, 2.45) is 17.8 Å². The minimum absolute atomic E-state index is 0.523. The van der Waals surface area contributed by atoms with Crippen LogP contribution in [0.5, 0.6) is 0 Å². The molecule has 2 aliphatic rings. The third-order valence-electron chi connectivity index (χ3n) is 5.19. The van der Waals surface area contributed by atoms with Crippen molar-refractivity contribution in [3.63, 3.8) is 0 Å². The van der Waals surface area contributed by atoms with Crippen molar-refractivity contribution in [2.45, 2.75) is 39.5 Å². The fraction of sp³-hybridized carbons (Fsp3) is 0.733. The number of halogens is 1. The SMILES string of the molecule is Cc1c(Cl)nnc(N(C)CC2CC3CCC2C3)c1C. The summed E-state index contributed by atoms with van der Waals surface area (Å²) >= 11 is 6.02. The second-order valence-corrected chi connectivity index (χ2v) is 6.74. The molecule has 2 bridgehead atoms. The molecule has 0 aromatic carbocycles. The maximum absolute atomic E-state index is 6.02. The monoisotopic (exact) mass is 279 g/mol. The largest absolute Gasteiger partial charge is 0.358 e. The highest BCUT2D eigenvalue weighted by molar-refractivity contribution is 6.30. The van der Waals surface area contributed by atoms with Gasteiger partial charge in [0.05, 0.1) is 0 Å². The number of nitrogens with zero attached hydrogens (tertiary/aromatic N) is 3. The number of aromatic nitrogens is 2. The second-order valence-electron chi connectivity index (χ2n) is 6.38. The lowest BCUT2D eigenvalue weighted by atomic mass is 9.88. The third kappa shape index (κ3) is 2.33. The van der Waals surface area contributed by atoms with Gasteiger partial charge in [-0.25, -0.2) is 0 Å². The lowest BCUT2D eigenvalue weighted by molar-refractivity contribution is 0.337. The van der Waals surface area contributed by atoms with Gasteiger partial charge < -0.3 is 4.90 Å². The molecule has 1 aromatic heterocycles. The molecule has 2 aliphatic carbocycles. The summed E-state index contributed by atoms with van der Waals surface area (Å²) in [5.74, 6) is 3.79. The van der Waals surface area contributed by atoms with Crippen LogP contribution < -0.4 is 4.90 Å². The van der Waals surface area contributed by atoms with Gasteiger partial charge in [-0.05, 0) is 62.0 Å². The molecule has 3 unspecified atom stereocenters. The van der Waals surface area contributed by atoms with Crippen molar-refractivity contribution in [1.29, 1.82) is 0 Å². The van der Waals surface area contributed by atoms with Crippen LogP contribution in [0.25, 0.3) is 0 Å². The lowest BCUT2D eigenvalue weighted by Gasteiger charge is -2.28. The molecule has 0 aliphatic heterocycles. The van der Waals surface area contributed by atoms with E-state index in [9.17, 15) is 0 Å². The number of rotatable bonds is 3. The van der Waals surface area contributed by atoms with Gasteiger partial charge in [-0.1, -0.05) is 18.0 Å². The first-order valence-electron chi connectivity index (χ1n) is 7.26. The van der Waals surface area contributed by atoms with E-state index in [1.54, 1.807) is 0 Å². The molecule has 3 atom stereocenters. The van der Waals surface area contributed by atoms with E-state index in [1.807, 2.05) is 6.92 Å². The van der Waals surface area contributed by atoms with Gasteiger partial charge in [0.1, 0.15) is 0 Å². The van der Waals surface area contributed by atoms with Crippen LogP contribution in [0.15, 0.2) is 0 Å². The molecule has 19 heavy (non-hydrogen) atoms. The molecule has 1 heterocycles. The van der Waals surface area contributed by atoms with Crippen LogP contribution in [-0.2, 0) is 0 Å². The third-order valence-corrected chi connectivity index (χ3v) is 5.55. The van der Waals surface area contributed by atoms with Crippen molar-refractivity contribution in [3.05, 3.63) is 16.3 Å².